The molecule has 0 atom stereocenters. The Hall–Kier alpha value is -1.30. The highest BCUT2D eigenvalue weighted by Gasteiger charge is 2.00. The molecule has 6 nitrogen and oxygen atoms in total. The minimum atomic E-state index is -0.955. The molecule has 0 aliphatic carbocycles. The van der Waals surface area contributed by atoms with Gasteiger partial charge in [-0.15, -0.1) is 4.91 Å². The molecule has 6 heteroatoms. The number of carbonyl (C=O) groups excluding carboxylic acids is 1. The minimum absolute atomic E-state index is 0.0772. The van der Waals surface area contributed by atoms with E-state index < -0.39 is 11.9 Å². The molecule has 0 saturated carbocycles. The van der Waals surface area contributed by atoms with Gasteiger partial charge in [0.1, 0.15) is 0 Å². The largest absolute Gasteiger partial charge is 0.481 e. The first-order valence-electron chi connectivity index (χ1n) is 2.95. The van der Waals surface area contributed by atoms with Gasteiger partial charge in [-0.2, -0.15) is 0 Å². The van der Waals surface area contributed by atoms with Crippen molar-refractivity contribution in [2.45, 2.75) is 6.42 Å². The Morgan fingerprint density at radius 2 is 2.09 bits per heavy atom. The zero-order valence-electron chi connectivity index (χ0n) is 5.74. The van der Waals surface area contributed by atoms with Gasteiger partial charge in [0.05, 0.1) is 13.0 Å². The molecule has 0 aromatic rings. The van der Waals surface area contributed by atoms with E-state index in [1.807, 2.05) is 0 Å². The molecule has 0 spiro atoms. The summed E-state index contributed by atoms with van der Waals surface area (Å²) in [6.07, 6.45) is -0.0772. The predicted octanol–water partition coefficient (Wildman–Crippen LogP) is -0.656. The first-order chi connectivity index (χ1) is 5.16. The van der Waals surface area contributed by atoms with Crippen LogP contribution < -0.4 is 5.32 Å². The van der Waals surface area contributed by atoms with Crippen molar-refractivity contribution in [3.05, 3.63) is 4.91 Å². The van der Waals surface area contributed by atoms with E-state index >= 15 is 0 Å². The van der Waals surface area contributed by atoms with Crippen LogP contribution in [0.4, 0.5) is 0 Å². The van der Waals surface area contributed by atoms with Crippen molar-refractivity contribution >= 4 is 11.9 Å². The Balaban J connectivity index is 3.21. The standard InChI is InChI=1S/C5H8N2O4/c8-4(7-11)3-6-2-1-5(9)10/h6H,1-3H2,(H,9,10). The summed E-state index contributed by atoms with van der Waals surface area (Å²) in [6, 6.07) is 0. The highest BCUT2D eigenvalue weighted by atomic mass is 16.4. The first-order valence-corrected chi connectivity index (χ1v) is 2.95. The number of carboxylic acids is 1. The molecule has 0 fully saturated rings. The molecule has 1 amide bonds. The first kappa shape index (κ1) is 9.70. The van der Waals surface area contributed by atoms with Gasteiger partial charge in [-0.3, -0.25) is 9.59 Å². The van der Waals surface area contributed by atoms with Crippen LogP contribution in [0.1, 0.15) is 6.42 Å². The second kappa shape index (κ2) is 5.48. The summed E-state index contributed by atoms with van der Waals surface area (Å²) in [5.41, 5.74) is 0. The van der Waals surface area contributed by atoms with Gasteiger partial charge in [0.15, 0.2) is 0 Å². The molecule has 0 aromatic heterocycles. The molecule has 0 heterocycles. The van der Waals surface area contributed by atoms with Crippen molar-refractivity contribution in [1.29, 1.82) is 0 Å². The smallest absolute Gasteiger partial charge is 0.304 e. The lowest BCUT2D eigenvalue weighted by molar-refractivity contribution is -0.137. The number of hydrogen-bond donors (Lipinski definition) is 2. The fourth-order valence-electron chi connectivity index (χ4n) is 0.423. The molecule has 0 aromatic carbocycles. The van der Waals surface area contributed by atoms with E-state index in [4.69, 9.17) is 5.11 Å². The lowest BCUT2D eigenvalue weighted by atomic mass is 10.4. The molecule has 0 aliphatic rings. The number of nitroso groups, excluding NO2 is 1. The maximum absolute atomic E-state index is 10.2. The van der Waals surface area contributed by atoms with Crippen molar-refractivity contribution < 1.29 is 14.7 Å². The maximum atomic E-state index is 10.2. The van der Waals surface area contributed by atoms with E-state index in [0.29, 0.717) is 0 Å². The van der Waals surface area contributed by atoms with Gasteiger partial charge in [0.2, 0.25) is 0 Å². The molecule has 0 aliphatic heterocycles. The van der Waals surface area contributed by atoms with Crippen LogP contribution in [0, 0.1) is 4.91 Å². The second-order valence-electron chi connectivity index (χ2n) is 1.81. The summed E-state index contributed by atoms with van der Waals surface area (Å²) in [5, 5.41) is 12.7. The quantitative estimate of drug-likeness (QED) is 0.411. The van der Waals surface area contributed by atoms with Gasteiger partial charge < -0.3 is 10.4 Å². The van der Waals surface area contributed by atoms with Crippen LogP contribution in [0.15, 0.2) is 5.18 Å². The lowest BCUT2D eigenvalue weighted by Crippen LogP contribution is -2.24. The summed E-state index contributed by atoms with van der Waals surface area (Å²) in [4.78, 5) is 29.5. The monoisotopic (exact) mass is 160 g/mol. The molecule has 0 unspecified atom stereocenters. The molecule has 0 saturated heterocycles. The van der Waals surface area contributed by atoms with E-state index in [1.54, 1.807) is 0 Å². The summed E-state index contributed by atoms with van der Waals surface area (Å²) < 4.78 is 0. The highest BCUT2D eigenvalue weighted by molar-refractivity contribution is 5.78. The van der Waals surface area contributed by atoms with E-state index in [-0.39, 0.29) is 19.5 Å². The van der Waals surface area contributed by atoms with E-state index in [2.05, 4.69) is 10.5 Å². The highest BCUT2D eigenvalue weighted by Crippen LogP contribution is 1.75. The number of carbonyl (C=O) groups is 2. The Bertz CT molecular complexity index is 168. The van der Waals surface area contributed by atoms with Gasteiger partial charge in [-0.05, 0) is 0 Å². The third-order valence-electron chi connectivity index (χ3n) is 0.894. The molecular weight excluding hydrogens is 152 g/mol. The fourth-order valence-corrected chi connectivity index (χ4v) is 0.423. The maximum Gasteiger partial charge on any atom is 0.304 e. The predicted molar refractivity (Wildman–Crippen MR) is 35.9 cm³/mol. The van der Waals surface area contributed by atoms with Crippen molar-refractivity contribution in [3.63, 3.8) is 0 Å². The molecule has 0 radical (unpaired) electrons. The number of nitrogens with zero attached hydrogens (tertiary/aromatic N) is 1. The summed E-state index contributed by atoms with van der Waals surface area (Å²) in [7, 11) is 0. The molecular formula is C5H8N2O4. The number of carboxylic acid groups (broad SMARTS) is 1. The molecule has 2 N–H and O–H groups in total. The minimum Gasteiger partial charge on any atom is -0.481 e. The van der Waals surface area contributed by atoms with Crippen LogP contribution in [-0.2, 0) is 9.59 Å². The Morgan fingerprint density at radius 3 is 2.55 bits per heavy atom. The number of nitrogens with one attached hydrogen (secondary N) is 1. The molecule has 11 heavy (non-hydrogen) atoms. The van der Waals surface area contributed by atoms with Gasteiger partial charge in [-0.1, -0.05) is 0 Å². The normalized spacial score (nSPS) is 9.09. The number of amides is 1. The van der Waals surface area contributed by atoms with Crippen LogP contribution in [0.25, 0.3) is 0 Å². The summed E-state index contributed by atoms with van der Waals surface area (Å²) >= 11 is 0. The molecule has 0 rings (SSSR count). The van der Waals surface area contributed by atoms with Crippen LogP contribution in [0.2, 0.25) is 0 Å². The third kappa shape index (κ3) is 6.59. The van der Waals surface area contributed by atoms with Gasteiger partial charge in [-0.25, -0.2) is 0 Å². The Kier molecular flexibility index (Phi) is 4.83. The van der Waals surface area contributed by atoms with Crippen LogP contribution in [0.3, 0.4) is 0 Å². The van der Waals surface area contributed by atoms with Crippen molar-refractivity contribution in [2.24, 2.45) is 5.18 Å². The zero-order valence-corrected chi connectivity index (χ0v) is 5.74. The molecule has 0 bridgehead atoms. The fraction of sp³-hybridized carbons (Fsp3) is 0.600. The van der Waals surface area contributed by atoms with Gasteiger partial charge >= 0.3 is 5.97 Å². The average molecular weight is 160 g/mol. The van der Waals surface area contributed by atoms with Crippen molar-refractivity contribution in [2.75, 3.05) is 13.1 Å². The van der Waals surface area contributed by atoms with Gasteiger partial charge in [0.25, 0.3) is 5.91 Å². The van der Waals surface area contributed by atoms with Crippen LogP contribution in [-0.4, -0.2) is 30.1 Å². The summed E-state index contributed by atoms with van der Waals surface area (Å²) in [6.45, 7) is -0.0344. The molecule has 62 valence electrons. The second-order valence-corrected chi connectivity index (χ2v) is 1.81. The van der Waals surface area contributed by atoms with Crippen LogP contribution >= 0.6 is 0 Å². The van der Waals surface area contributed by atoms with E-state index in [1.165, 1.54) is 0 Å². The topological polar surface area (TPSA) is 95.8 Å². The van der Waals surface area contributed by atoms with Gasteiger partial charge in [0, 0.05) is 11.7 Å². The zero-order chi connectivity index (χ0) is 8.69. The van der Waals surface area contributed by atoms with E-state index in [0.717, 1.165) is 0 Å². The number of rotatable bonds is 5. The Labute approximate surface area is 62.6 Å². The average Bonchev–Trinajstić information content (AvgIpc) is 1.97. The number of aliphatic carboxylic acids is 1. The summed E-state index contributed by atoms with van der Waals surface area (Å²) in [5.74, 6) is -1.78. The van der Waals surface area contributed by atoms with Crippen molar-refractivity contribution in [3.8, 4) is 0 Å². The Morgan fingerprint density at radius 1 is 1.45 bits per heavy atom. The lowest BCUT2D eigenvalue weighted by Gasteiger charge is -1.95. The third-order valence-corrected chi connectivity index (χ3v) is 0.894. The van der Waals surface area contributed by atoms with E-state index in [9.17, 15) is 14.5 Å². The number of hydrogen-bond acceptors (Lipinski definition) is 4. The SMILES string of the molecule is O=NC(=O)CNCCC(=O)O. The van der Waals surface area contributed by atoms with Crippen molar-refractivity contribution in [1.82, 2.24) is 5.32 Å². The van der Waals surface area contributed by atoms with Crippen LogP contribution in [0.5, 0.6) is 0 Å².